The maximum Gasteiger partial charge on any atom is 0.416 e. The van der Waals surface area contributed by atoms with E-state index < -0.39 is 11.7 Å². The minimum Gasteiger partial charge on any atom is -0.311 e. The molecular formula is C14H18F3NO. The number of alkyl halides is 3. The molecule has 0 saturated carbocycles. The molecule has 19 heavy (non-hydrogen) atoms. The summed E-state index contributed by atoms with van der Waals surface area (Å²) in [5, 5.41) is 2.86. The second kappa shape index (κ2) is 6.70. The molecule has 1 aromatic carbocycles. The molecule has 0 fully saturated rings. The Balaban J connectivity index is 2.66. The van der Waals surface area contributed by atoms with Gasteiger partial charge in [-0.25, -0.2) is 0 Å². The van der Waals surface area contributed by atoms with Crippen LogP contribution in [0.25, 0.3) is 0 Å². The van der Waals surface area contributed by atoms with Crippen molar-refractivity contribution in [3.63, 3.8) is 0 Å². The number of likely N-dealkylation sites (N-methyl/N-ethyl adjacent to an activating group) is 1. The van der Waals surface area contributed by atoms with Crippen LogP contribution in [0, 0.1) is 0 Å². The second-order valence-electron chi connectivity index (χ2n) is 4.50. The van der Waals surface area contributed by atoms with Gasteiger partial charge in [-0.05, 0) is 44.9 Å². The van der Waals surface area contributed by atoms with Gasteiger partial charge in [-0.3, -0.25) is 4.79 Å². The van der Waals surface area contributed by atoms with Gasteiger partial charge >= 0.3 is 6.18 Å². The molecule has 0 bridgehead atoms. The average molecular weight is 273 g/mol. The largest absolute Gasteiger partial charge is 0.416 e. The second-order valence-corrected chi connectivity index (χ2v) is 4.50. The Morgan fingerprint density at radius 1 is 1.32 bits per heavy atom. The van der Waals surface area contributed by atoms with Crippen LogP contribution in [0.3, 0.4) is 0 Å². The van der Waals surface area contributed by atoms with Gasteiger partial charge in [0.1, 0.15) is 5.78 Å². The number of benzene rings is 1. The SMILES string of the molecule is CNC(CCCc1ccccc1C(F)(F)F)C(C)=O. The number of nitrogens with one attached hydrogen (secondary N) is 1. The van der Waals surface area contributed by atoms with Crippen LogP contribution in [0.4, 0.5) is 13.2 Å². The first kappa shape index (κ1) is 15.7. The first-order valence-corrected chi connectivity index (χ1v) is 6.19. The lowest BCUT2D eigenvalue weighted by molar-refractivity contribution is -0.138. The van der Waals surface area contributed by atoms with Crippen LogP contribution in [0.2, 0.25) is 0 Å². The van der Waals surface area contributed by atoms with Crippen LogP contribution in [0.5, 0.6) is 0 Å². The van der Waals surface area contributed by atoms with E-state index in [1.807, 2.05) is 0 Å². The first-order chi connectivity index (χ1) is 8.86. The zero-order chi connectivity index (χ0) is 14.5. The van der Waals surface area contributed by atoms with E-state index in [4.69, 9.17) is 0 Å². The van der Waals surface area contributed by atoms with Gasteiger partial charge in [-0.1, -0.05) is 18.2 Å². The monoisotopic (exact) mass is 273 g/mol. The Bertz CT molecular complexity index is 429. The highest BCUT2D eigenvalue weighted by molar-refractivity contribution is 5.81. The minimum atomic E-state index is -4.32. The number of ketones is 1. The van der Waals surface area contributed by atoms with E-state index in [-0.39, 0.29) is 17.4 Å². The predicted molar refractivity (Wildman–Crippen MR) is 67.9 cm³/mol. The molecule has 1 unspecified atom stereocenters. The standard InChI is InChI=1S/C14H18F3NO/c1-10(19)13(18-2)9-5-7-11-6-3-4-8-12(11)14(15,16)17/h3-4,6,8,13,18H,5,7,9H2,1-2H3. The molecule has 0 radical (unpaired) electrons. The molecule has 0 amide bonds. The summed E-state index contributed by atoms with van der Waals surface area (Å²) in [4.78, 5) is 11.2. The molecule has 1 atom stereocenters. The van der Waals surface area contributed by atoms with Gasteiger partial charge in [0.05, 0.1) is 11.6 Å². The Morgan fingerprint density at radius 3 is 2.47 bits per heavy atom. The first-order valence-electron chi connectivity index (χ1n) is 6.19. The molecular weight excluding hydrogens is 255 g/mol. The molecule has 2 nitrogen and oxygen atoms in total. The quantitative estimate of drug-likeness (QED) is 0.862. The number of carbonyl (C=O) groups excluding carboxylic acids is 1. The third-order valence-corrected chi connectivity index (χ3v) is 3.10. The van der Waals surface area contributed by atoms with Crippen LogP contribution in [0.1, 0.15) is 30.9 Å². The van der Waals surface area contributed by atoms with Gasteiger partial charge in [0.2, 0.25) is 0 Å². The zero-order valence-electron chi connectivity index (χ0n) is 11.1. The third-order valence-electron chi connectivity index (χ3n) is 3.10. The Morgan fingerprint density at radius 2 is 1.95 bits per heavy atom. The summed E-state index contributed by atoms with van der Waals surface area (Å²) in [5.41, 5.74) is -0.299. The highest BCUT2D eigenvalue weighted by Crippen LogP contribution is 2.32. The van der Waals surface area contributed by atoms with Crippen LogP contribution in [-0.4, -0.2) is 18.9 Å². The van der Waals surface area contributed by atoms with Crippen molar-refractivity contribution >= 4 is 5.78 Å². The highest BCUT2D eigenvalue weighted by atomic mass is 19.4. The summed E-state index contributed by atoms with van der Waals surface area (Å²) < 4.78 is 38.3. The van der Waals surface area contributed by atoms with Crippen LogP contribution in [0.15, 0.2) is 24.3 Å². The lowest BCUT2D eigenvalue weighted by Crippen LogP contribution is -2.32. The van der Waals surface area contributed by atoms with Crippen molar-refractivity contribution in [2.24, 2.45) is 0 Å². The fraction of sp³-hybridized carbons (Fsp3) is 0.500. The molecule has 106 valence electrons. The number of carbonyl (C=O) groups is 1. The van der Waals surface area contributed by atoms with Gasteiger partial charge in [0, 0.05) is 0 Å². The van der Waals surface area contributed by atoms with Crippen molar-refractivity contribution in [3.8, 4) is 0 Å². The number of hydrogen-bond acceptors (Lipinski definition) is 2. The summed E-state index contributed by atoms with van der Waals surface area (Å²) in [6, 6.07) is 5.29. The fourth-order valence-electron chi connectivity index (χ4n) is 2.06. The lowest BCUT2D eigenvalue weighted by Gasteiger charge is -2.15. The summed E-state index contributed by atoms with van der Waals surface area (Å²) in [6.45, 7) is 1.48. The molecule has 5 heteroatoms. The van der Waals surface area contributed by atoms with E-state index in [0.29, 0.717) is 19.3 Å². The summed E-state index contributed by atoms with van der Waals surface area (Å²) in [5.74, 6) is 0.00612. The lowest BCUT2D eigenvalue weighted by atomic mass is 9.99. The Labute approximate surface area is 111 Å². The van der Waals surface area contributed by atoms with Crippen LogP contribution in [-0.2, 0) is 17.4 Å². The van der Waals surface area contributed by atoms with Gasteiger partial charge in [-0.15, -0.1) is 0 Å². The van der Waals surface area contributed by atoms with E-state index in [1.54, 1.807) is 13.1 Å². The number of aryl methyl sites for hydroxylation is 1. The van der Waals surface area contributed by atoms with Crippen LogP contribution >= 0.6 is 0 Å². The smallest absolute Gasteiger partial charge is 0.311 e. The molecule has 0 aliphatic heterocycles. The van der Waals surface area contributed by atoms with Crippen molar-refractivity contribution in [1.82, 2.24) is 5.32 Å². The maximum atomic E-state index is 12.8. The maximum absolute atomic E-state index is 12.8. The van der Waals surface area contributed by atoms with Gasteiger partial charge in [0.25, 0.3) is 0 Å². The van der Waals surface area contributed by atoms with Crippen molar-refractivity contribution < 1.29 is 18.0 Å². The molecule has 0 spiro atoms. The molecule has 0 heterocycles. The molecule has 1 rings (SSSR count). The van der Waals surface area contributed by atoms with E-state index >= 15 is 0 Å². The van der Waals surface area contributed by atoms with E-state index in [1.165, 1.54) is 19.1 Å². The average Bonchev–Trinajstić information content (AvgIpc) is 2.33. The van der Waals surface area contributed by atoms with Crippen molar-refractivity contribution in [3.05, 3.63) is 35.4 Å². The summed E-state index contributed by atoms with van der Waals surface area (Å²) in [7, 11) is 1.68. The van der Waals surface area contributed by atoms with E-state index in [0.717, 1.165) is 6.07 Å². The normalized spacial score (nSPS) is 13.3. The van der Waals surface area contributed by atoms with E-state index in [2.05, 4.69) is 5.32 Å². The zero-order valence-corrected chi connectivity index (χ0v) is 11.1. The number of halogens is 3. The van der Waals surface area contributed by atoms with Crippen molar-refractivity contribution in [2.75, 3.05) is 7.05 Å². The Kier molecular flexibility index (Phi) is 5.54. The molecule has 0 aliphatic rings. The minimum absolute atomic E-state index is 0.00612. The third kappa shape index (κ3) is 4.67. The van der Waals surface area contributed by atoms with Gasteiger partial charge in [-0.2, -0.15) is 13.2 Å². The number of hydrogen-bond donors (Lipinski definition) is 1. The van der Waals surface area contributed by atoms with Crippen LogP contribution < -0.4 is 5.32 Å². The molecule has 0 aromatic heterocycles. The summed E-state index contributed by atoms with van der Waals surface area (Å²) >= 11 is 0. The highest BCUT2D eigenvalue weighted by Gasteiger charge is 2.32. The molecule has 0 aliphatic carbocycles. The van der Waals surface area contributed by atoms with E-state index in [9.17, 15) is 18.0 Å². The number of Topliss-reactive ketones (excluding diaryl/α,β-unsaturated/α-hetero) is 1. The number of rotatable bonds is 6. The van der Waals surface area contributed by atoms with Crippen molar-refractivity contribution in [2.45, 2.75) is 38.4 Å². The van der Waals surface area contributed by atoms with Gasteiger partial charge < -0.3 is 5.32 Å². The molecule has 0 saturated heterocycles. The fourth-order valence-corrected chi connectivity index (χ4v) is 2.06. The molecule has 1 aromatic rings. The topological polar surface area (TPSA) is 29.1 Å². The Hall–Kier alpha value is -1.36. The molecule has 1 N–H and O–H groups in total. The van der Waals surface area contributed by atoms with Gasteiger partial charge in [0.15, 0.2) is 0 Å². The predicted octanol–water partition coefficient (Wildman–Crippen LogP) is 3.21. The van der Waals surface area contributed by atoms with Crippen molar-refractivity contribution in [1.29, 1.82) is 0 Å². The summed E-state index contributed by atoms with van der Waals surface area (Å²) in [6.07, 6.45) is -2.92.